The molecule has 0 spiro atoms. The van der Waals surface area contributed by atoms with Gasteiger partial charge >= 0.3 is 0 Å². The van der Waals surface area contributed by atoms with E-state index in [-0.39, 0.29) is 5.91 Å². The minimum absolute atomic E-state index is 0.0540. The molecule has 3 heterocycles. The molecule has 2 aromatic heterocycles. The third-order valence-corrected chi connectivity index (χ3v) is 6.13. The van der Waals surface area contributed by atoms with E-state index in [4.69, 9.17) is 11.6 Å². The normalized spacial score (nSPS) is 14.0. The van der Waals surface area contributed by atoms with Crippen molar-refractivity contribution in [3.63, 3.8) is 0 Å². The van der Waals surface area contributed by atoms with Gasteiger partial charge in [-0.05, 0) is 44.3 Å². The summed E-state index contributed by atoms with van der Waals surface area (Å²) in [5, 5.41) is 5.09. The molecule has 0 bridgehead atoms. The van der Waals surface area contributed by atoms with Gasteiger partial charge in [-0.1, -0.05) is 23.7 Å². The number of hydrogen-bond donors (Lipinski definition) is 1. The van der Waals surface area contributed by atoms with E-state index in [2.05, 4.69) is 15.3 Å². The van der Waals surface area contributed by atoms with Crippen molar-refractivity contribution in [2.45, 2.75) is 13.0 Å². The number of anilines is 2. The van der Waals surface area contributed by atoms with Crippen molar-refractivity contribution >= 4 is 50.6 Å². The molecule has 0 fully saturated rings. The van der Waals surface area contributed by atoms with Crippen LogP contribution in [-0.2, 0) is 17.8 Å². The second-order valence-electron chi connectivity index (χ2n) is 7.22. The van der Waals surface area contributed by atoms with Crippen LogP contribution in [0.4, 0.5) is 11.5 Å². The van der Waals surface area contributed by atoms with Crippen LogP contribution in [0.5, 0.6) is 0 Å². The minimum atomic E-state index is 0.0540. The van der Waals surface area contributed by atoms with Crippen molar-refractivity contribution in [3.05, 3.63) is 58.2 Å². The van der Waals surface area contributed by atoms with Crippen molar-refractivity contribution in [3.8, 4) is 0 Å². The Kier molecular flexibility index (Phi) is 5.80. The van der Waals surface area contributed by atoms with Crippen LogP contribution >= 0.6 is 22.9 Å². The van der Waals surface area contributed by atoms with Gasteiger partial charge in [0.05, 0.1) is 11.9 Å². The number of nitrogens with zero attached hydrogens (tertiary/aromatic N) is 4. The lowest BCUT2D eigenvalue weighted by molar-refractivity contribution is -0.126. The highest BCUT2D eigenvalue weighted by atomic mass is 35.5. The highest BCUT2D eigenvalue weighted by Crippen LogP contribution is 2.38. The van der Waals surface area contributed by atoms with Gasteiger partial charge in [0.1, 0.15) is 17.0 Å². The number of likely N-dealkylation sites (N-methyl/N-ethyl adjacent to an activating group) is 1. The van der Waals surface area contributed by atoms with E-state index in [1.807, 2.05) is 54.2 Å². The summed E-state index contributed by atoms with van der Waals surface area (Å²) in [5.74, 6) is 0.832. The molecule has 150 valence electrons. The van der Waals surface area contributed by atoms with Crippen molar-refractivity contribution in [1.82, 2.24) is 19.8 Å². The number of nitrogens with one attached hydrogen (secondary N) is 1. The largest absolute Gasteiger partial charge is 0.340 e. The number of aromatic nitrogens is 2. The van der Waals surface area contributed by atoms with Crippen LogP contribution in [0.3, 0.4) is 0 Å². The van der Waals surface area contributed by atoms with Gasteiger partial charge in [-0.25, -0.2) is 9.97 Å². The lowest BCUT2D eigenvalue weighted by Gasteiger charge is -2.26. The first-order chi connectivity index (χ1) is 14.0. The standard InChI is InChI=1S/C21H22ClN5OS/c1-26(2)9-4-7-18(28)27-10-8-16-17(12-27)29-21-19(16)20(23-13-24-21)25-15-6-3-5-14(22)11-15/h3-7,11,13H,8-10,12H2,1-2H3,(H,23,24,25). The van der Waals surface area contributed by atoms with Gasteiger partial charge in [0.2, 0.25) is 5.91 Å². The summed E-state index contributed by atoms with van der Waals surface area (Å²) in [6, 6.07) is 7.57. The summed E-state index contributed by atoms with van der Waals surface area (Å²) in [6.07, 6.45) is 5.94. The molecular formula is C21H22ClN5OS. The molecule has 4 rings (SSSR count). The summed E-state index contributed by atoms with van der Waals surface area (Å²) < 4.78 is 0. The number of rotatable bonds is 5. The maximum atomic E-state index is 12.5. The average molecular weight is 428 g/mol. The van der Waals surface area contributed by atoms with E-state index < -0.39 is 0 Å². The minimum Gasteiger partial charge on any atom is -0.340 e. The lowest BCUT2D eigenvalue weighted by Crippen LogP contribution is -2.34. The Hall–Kier alpha value is -2.48. The van der Waals surface area contributed by atoms with Gasteiger partial charge in [0.25, 0.3) is 0 Å². The van der Waals surface area contributed by atoms with Gasteiger partial charge in [-0.3, -0.25) is 4.79 Å². The predicted molar refractivity (Wildman–Crippen MR) is 119 cm³/mol. The topological polar surface area (TPSA) is 61.4 Å². The fourth-order valence-corrected chi connectivity index (χ4v) is 4.78. The van der Waals surface area contributed by atoms with Crippen LogP contribution in [0, 0.1) is 0 Å². The first-order valence-corrected chi connectivity index (χ1v) is 10.6. The summed E-state index contributed by atoms with van der Waals surface area (Å²) in [7, 11) is 3.96. The van der Waals surface area contributed by atoms with Gasteiger partial charge in [-0.15, -0.1) is 11.3 Å². The first kappa shape index (κ1) is 19.8. The molecule has 1 N–H and O–H groups in total. The lowest BCUT2D eigenvalue weighted by atomic mass is 10.0. The molecule has 1 aliphatic rings. The molecule has 3 aromatic rings. The van der Waals surface area contributed by atoms with E-state index in [0.717, 1.165) is 34.7 Å². The number of benzene rings is 1. The second kappa shape index (κ2) is 8.49. The average Bonchev–Trinajstić information content (AvgIpc) is 3.06. The molecule has 0 aliphatic carbocycles. The monoisotopic (exact) mass is 427 g/mol. The highest BCUT2D eigenvalue weighted by Gasteiger charge is 2.25. The number of halogens is 1. The van der Waals surface area contributed by atoms with E-state index in [0.29, 0.717) is 18.1 Å². The smallest absolute Gasteiger partial charge is 0.246 e. The third kappa shape index (κ3) is 4.42. The molecule has 0 saturated heterocycles. The summed E-state index contributed by atoms with van der Waals surface area (Å²) in [6.45, 7) is 2.05. The Morgan fingerprint density at radius 3 is 3.03 bits per heavy atom. The molecule has 1 amide bonds. The Bertz CT molecular complexity index is 1080. The van der Waals surface area contributed by atoms with Crippen LogP contribution in [-0.4, -0.2) is 52.9 Å². The first-order valence-electron chi connectivity index (χ1n) is 9.39. The Morgan fingerprint density at radius 2 is 2.24 bits per heavy atom. The van der Waals surface area contributed by atoms with Crippen LogP contribution < -0.4 is 5.32 Å². The molecule has 1 aromatic carbocycles. The predicted octanol–water partition coefficient (Wildman–Crippen LogP) is 4.09. The van der Waals surface area contributed by atoms with Crippen molar-refractivity contribution in [2.24, 2.45) is 0 Å². The molecule has 29 heavy (non-hydrogen) atoms. The third-order valence-electron chi connectivity index (χ3n) is 4.77. The number of carbonyl (C=O) groups excluding carboxylic acids is 1. The number of thiophene rings is 1. The number of fused-ring (bicyclic) bond motifs is 3. The van der Waals surface area contributed by atoms with Gasteiger partial charge in [-0.2, -0.15) is 0 Å². The maximum Gasteiger partial charge on any atom is 0.246 e. The van der Waals surface area contributed by atoms with Crippen molar-refractivity contribution < 1.29 is 4.79 Å². The van der Waals surface area contributed by atoms with Gasteiger partial charge in [0, 0.05) is 34.8 Å². The van der Waals surface area contributed by atoms with Crippen LogP contribution in [0.1, 0.15) is 10.4 Å². The molecule has 0 radical (unpaired) electrons. The van der Waals surface area contributed by atoms with Crippen molar-refractivity contribution in [2.75, 3.05) is 32.5 Å². The van der Waals surface area contributed by atoms with E-state index in [1.54, 1.807) is 23.7 Å². The summed E-state index contributed by atoms with van der Waals surface area (Å²) in [4.78, 5) is 27.5. The molecule has 0 atom stereocenters. The summed E-state index contributed by atoms with van der Waals surface area (Å²) in [5.41, 5.74) is 2.12. The Morgan fingerprint density at radius 1 is 1.38 bits per heavy atom. The fourth-order valence-electron chi connectivity index (χ4n) is 3.38. The SMILES string of the molecule is CN(C)CC=CC(=O)N1CCc2c(sc3ncnc(Nc4cccc(Cl)c4)c23)C1. The van der Waals surface area contributed by atoms with Crippen molar-refractivity contribution in [1.29, 1.82) is 0 Å². The van der Waals surface area contributed by atoms with Gasteiger partial charge < -0.3 is 15.1 Å². The second-order valence-corrected chi connectivity index (χ2v) is 8.74. The quantitative estimate of drug-likeness (QED) is 0.621. The highest BCUT2D eigenvalue weighted by molar-refractivity contribution is 7.19. The molecule has 1 aliphatic heterocycles. The van der Waals surface area contributed by atoms with Crippen LogP contribution in [0.15, 0.2) is 42.7 Å². The molecular weight excluding hydrogens is 406 g/mol. The van der Waals surface area contributed by atoms with E-state index in [9.17, 15) is 4.79 Å². The van der Waals surface area contributed by atoms with Crippen LogP contribution in [0.2, 0.25) is 5.02 Å². The zero-order valence-corrected chi connectivity index (χ0v) is 17.9. The number of carbonyl (C=O) groups is 1. The molecule has 6 nitrogen and oxygen atoms in total. The zero-order chi connectivity index (χ0) is 20.4. The number of amides is 1. The Balaban J connectivity index is 1.59. The molecule has 0 saturated carbocycles. The van der Waals surface area contributed by atoms with Gasteiger partial charge in [0.15, 0.2) is 0 Å². The zero-order valence-electron chi connectivity index (χ0n) is 16.4. The molecule has 8 heteroatoms. The van der Waals surface area contributed by atoms with Crippen LogP contribution in [0.25, 0.3) is 10.2 Å². The van der Waals surface area contributed by atoms with E-state index in [1.165, 1.54) is 10.4 Å². The number of hydrogen-bond acceptors (Lipinski definition) is 6. The maximum absolute atomic E-state index is 12.5. The summed E-state index contributed by atoms with van der Waals surface area (Å²) >= 11 is 7.74. The Labute approximate surface area is 178 Å². The fraction of sp³-hybridized carbons (Fsp3) is 0.286. The van der Waals surface area contributed by atoms with E-state index >= 15 is 0 Å². The molecule has 0 unspecified atom stereocenters.